The van der Waals surface area contributed by atoms with Gasteiger partial charge in [0.1, 0.15) is 5.76 Å². The molecule has 1 rings (SSSR count). The summed E-state index contributed by atoms with van der Waals surface area (Å²) in [6.07, 6.45) is 1.09. The van der Waals surface area contributed by atoms with Crippen molar-refractivity contribution in [1.82, 2.24) is 0 Å². The lowest BCUT2D eigenvalue weighted by atomic mass is 10.1. The summed E-state index contributed by atoms with van der Waals surface area (Å²) in [7, 11) is 0. The fourth-order valence-electron chi connectivity index (χ4n) is 1.23. The molecule has 0 fully saturated rings. The van der Waals surface area contributed by atoms with Crippen molar-refractivity contribution in [3.63, 3.8) is 0 Å². The minimum absolute atomic E-state index is 0.0634. The van der Waals surface area contributed by atoms with Crippen LogP contribution in [0.5, 0.6) is 0 Å². The molecule has 1 N–H and O–H groups in total. The van der Waals surface area contributed by atoms with E-state index in [0.717, 1.165) is 11.6 Å². The number of aliphatic hydroxyl groups is 1. The minimum Gasteiger partial charge on any atom is -0.507 e. The molecule has 0 amide bonds. The van der Waals surface area contributed by atoms with Gasteiger partial charge in [-0.15, -0.1) is 0 Å². The molecule has 0 unspecified atom stereocenters. The number of hydrogen-bond acceptors (Lipinski definition) is 3. The number of ether oxygens (including phenoxy) is 1. The van der Waals surface area contributed by atoms with E-state index in [4.69, 9.17) is 4.74 Å². The molecule has 0 spiro atoms. The van der Waals surface area contributed by atoms with E-state index in [0.29, 0.717) is 12.2 Å². The van der Waals surface area contributed by atoms with Crippen LogP contribution in [0.2, 0.25) is 0 Å². The Hall–Kier alpha value is -1.77. The molecule has 0 saturated heterocycles. The third-order valence-electron chi connectivity index (χ3n) is 1.96. The first-order valence-corrected chi connectivity index (χ1v) is 4.78. The zero-order chi connectivity index (χ0) is 11.3. The average Bonchev–Trinajstić information content (AvgIpc) is 2.18. The van der Waals surface area contributed by atoms with E-state index in [2.05, 4.69) is 0 Å². The summed E-state index contributed by atoms with van der Waals surface area (Å²) in [5, 5.41) is 9.66. The minimum atomic E-state index is -0.529. The van der Waals surface area contributed by atoms with Crippen LogP contribution in [0.4, 0.5) is 0 Å². The maximum atomic E-state index is 11.1. The summed E-state index contributed by atoms with van der Waals surface area (Å²) in [5.41, 5.74) is 1.56. The average molecular weight is 206 g/mol. The van der Waals surface area contributed by atoms with Crippen molar-refractivity contribution in [1.29, 1.82) is 0 Å². The Morgan fingerprint density at radius 3 is 2.73 bits per heavy atom. The summed E-state index contributed by atoms with van der Waals surface area (Å²) in [5.74, 6) is -0.593. The maximum absolute atomic E-state index is 11.1. The molecule has 0 aromatic heterocycles. The highest BCUT2D eigenvalue weighted by Gasteiger charge is 2.05. The Labute approximate surface area is 89.0 Å². The first-order chi connectivity index (χ1) is 7.15. The number of esters is 1. The van der Waals surface area contributed by atoms with Gasteiger partial charge in [-0.3, -0.25) is 0 Å². The predicted molar refractivity (Wildman–Crippen MR) is 58.4 cm³/mol. The molecule has 1 aromatic rings. The fraction of sp³-hybridized carbons (Fsp3) is 0.250. The quantitative estimate of drug-likeness (QED) is 0.469. The topological polar surface area (TPSA) is 46.5 Å². The molecule has 0 bridgehead atoms. The van der Waals surface area contributed by atoms with Gasteiger partial charge in [0, 0.05) is 5.56 Å². The lowest BCUT2D eigenvalue weighted by molar-refractivity contribution is -0.137. The third-order valence-corrected chi connectivity index (χ3v) is 1.96. The van der Waals surface area contributed by atoms with E-state index in [1.165, 1.54) is 0 Å². The zero-order valence-electron chi connectivity index (χ0n) is 8.86. The Balaban J connectivity index is 2.89. The van der Waals surface area contributed by atoms with Gasteiger partial charge in [-0.25, -0.2) is 4.79 Å². The molecule has 0 aliphatic carbocycles. The standard InChI is InChI=1S/C12H14O3/c1-3-15-12(14)8-11(13)10-7-5-4-6-9(10)2/h4-8,13H,3H2,1-2H3. The Bertz CT molecular complexity index is 380. The van der Waals surface area contributed by atoms with Gasteiger partial charge < -0.3 is 9.84 Å². The molecule has 80 valence electrons. The van der Waals surface area contributed by atoms with Crippen molar-refractivity contribution >= 4 is 11.7 Å². The monoisotopic (exact) mass is 206 g/mol. The van der Waals surface area contributed by atoms with Gasteiger partial charge in [-0.2, -0.15) is 0 Å². The Kier molecular flexibility index (Phi) is 3.92. The van der Waals surface area contributed by atoms with Crippen molar-refractivity contribution in [2.45, 2.75) is 13.8 Å². The lowest BCUT2D eigenvalue weighted by Gasteiger charge is -2.03. The van der Waals surface area contributed by atoms with Gasteiger partial charge in [0.25, 0.3) is 0 Å². The normalized spacial score (nSPS) is 11.2. The molecule has 0 radical (unpaired) electrons. The fourth-order valence-corrected chi connectivity index (χ4v) is 1.23. The Morgan fingerprint density at radius 2 is 2.13 bits per heavy atom. The number of rotatable bonds is 3. The molecule has 1 aromatic carbocycles. The molecule has 0 aliphatic heterocycles. The van der Waals surface area contributed by atoms with E-state index in [1.807, 2.05) is 19.1 Å². The lowest BCUT2D eigenvalue weighted by Crippen LogP contribution is -2.01. The van der Waals surface area contributed by atoms with Crippen LogP contribution in [0.25, 0.3) is 5.76 Å². The van der Waals surface area contributed by atoms with Crippen LogP contribution in [-0.4, -0.2) is 17.7 Å². The molecule has 0 aliphatic rings. The van der Waals surface area contributed by atoms with E-state index in [9.17, 15) is 9.90 Å². The van der Waals surface area contributed by atoms with Gasteiger partial charge in [0.05, 0.1) is 12.7 Å². The van der Waals surface area contributed by atoms with Crippen molar-refractivity contribution in [3.8, 4) is 0 Å². The first-order valence-electron chi connectivity index (χ1n) is 4.78. The van der Waals surface area contributed by atoms with Gasteiger partial charge >= 0.3 is 5.97 Å². The number of carbonyl (C=O) groups is 1. The summed E-state index contributed by atoms with van der Waals surface area (Å²) in [4.78, 5) is 11.1. The summed E-state index contributed by atoms with van der Waals surface area (Å²) in [6, 6.07) is 7.29. The van der Waals surface area contributed by atoms with Crippen LogP contribution in [0.1, 0.15) is 18.1 Å². The van der Waals surface area contributed by atoms with Gasteiger partial charge in [-0.1, -0.05) is 24.3 Å². The Morgan fingerprint density at radius 1 is 1.47 bits per heavy atom. The number of aliphatic hydroxyl groups excluding tert-OH is 1. The largest absolute Gasteiger partial charge is 0.507 e. The van der Waals surface area contributed by atoms with Crippen molar-refractivity contribution in [3.05, 3.63) is 41.5 Å². The molecule has 0 heterocycles. The molecule has 0 saturated carbocycles. The van der Waals surface area contributed by atoms with Crippen molar-refractivity contribution in [2.24, 2.45) is 0 Å². The number of carbonyl (C=O) groups excluding carboxylic acids is 1. The summed E-state index contributed by atoms with van der Waals surface area (Å²) < 4.78 is 4.70. The van der Waals surface area contributed by atoms with Gasteiger partial charge in [0.2, 0.25) is 0 Å². The number of benzene rings is 1. The molecule has 3 heteroatoms. The molecular formula is C12H14O3. The maximum Gasteiger partial charge on any atom is 0.334 e. The zero-order valence-corrected chi connectivity index (χ0v) is 8.86. The SMILES string of the molecule is CCOC(=O)C=C(O)c1ccccc1C. The molecule has 0 atom stereocenters. The second-order valence-electron chi connectivity index (χ2n) is 3.10. The van der Waals surface area contributed by atoms with E-state index >= 15 is 0 Å². The molecule has 3 nitrogen and oxygen atoms in total. The summed E-state index contributed by atoms with van der Waals surface area (Å²) in [6.45, 7) is 3.89. The second kappa shape index (κ2) is 5.20. The predicted octanol–water partition coefficient (Wildman–Crippen LogP) is 2.46. The van der Waals surface area contributed by atoms with Crippen molar-refractivity contribution < 1.29 is 14.6 Å². The highest BCUT2D eigenvalue weighted by molar-refractivity contribution is 5.89. The highest BCUT2D eigenvalue weighted by atomic mass is 16.5. The van der Waals surface area contributed by atoms with Gasteiger partial charge in [-0.05, 0) is 19.4 Å². The first kappa shape index (κ1) is 11.3. The van der Waals surface area contributed by atoms with Gasteiger partial charge in [0.15, 0.2) is 0 Å². The van der Waals surface area contributed by atoms with E-state index in [-0.39, 0.29) is 5.76 Å². The van der Waals surface area contributed by atoms with Crippen molar-refractivity contribution in [2.75, 3.05) is 6.61 Å². The van der Waals surface area contributed by atoms with Crippen LogP contribution >= 0.6 is 0 Å². The van der Waals surface area contributed by atoms with Crippen LogP contribution < -0.4 is 0 Å². The van der Waals surface area contributed by atoms with E-state index < -0.39 is 5.97 Å². The molecule has 15 heavy (non-hydrogen) atoms. The second-order valence-corrected chi connectivity index (χ2v) is 3.10. The third kappa shape index (κ3) is 3.13. The van der Waals surface area contributed by atoms with Crippen LogP contribution in [0.3, 0.4) is 0 Å². The van der Waals surface area contributed by atoms with E-state index in [1.54, 1.807) is 19.1 Å². The highest BCUT2D eigenvalue weighted by Crippen LogP contribution is 2.15. The number of hydrogen-bond donors (Lipinski definition) is 1. The van der Waals surface area contributed by atoms with Crippen LogP contribution in [-0.2, 0) is 9.53 Å². The van der Waals surface area contributed by atoms with Crippen LogP contribution in [0, 0.1) is 6.92 Å². The number of aryl methyl sites for hydroxylation is 1. The summed E-state index contributed by atoms with van der Waals surface area (Å²) >= 11 is 0. The smallest absolute Gasteiger partial charge is 0.334 e. The molecular weight excluding hydrogens is 192 g/mol. The van der Waals surface area contributed by atoms with Crippen LogP contribution in [0.15, 0.2) is 30.3 Å².